The van der Waals surface area contributed by atoms with E-state index in [1.54, 1.807) is 26.0 Å². The first-order valence-corrected chi connectivity index (χ1v) is 8.48. The molecule has 0 unspecified atom stereocenters. The highest BCUT2D eigenvalue weighted by Crippen LogP contribution is 2.05. The number of carbonyl (C=O) groups is 1. The molecular weight excluding hydrogens is 366 g/mol. The third-order valence-electron chi connectivity index (χ3n) is 3.01. The lowest BCUT2D eigenvalue weighted by Gasteiger charge is -2.00. The Bertz CT molecular complexity index is 988. The van der Waals surface area contributed by atoms with Gasteiger partial charge in [0.05, 0.1) is 6.61 Å². The number of halogens is 1. The molecule has 0 saturated carbocycles. The lowest BCUT2D eigenvalue weighted by atomic mass is 10.3. The molecule has 0 aliphatic rings. The molecule has 0 spiro atoms. The fourth-order valence-electron chi connectivity index (χ4n) is 1.91. The maximum Gasteiger partial charge on any atom is 0.351 e. The van der Waals surface area contributed by atoms with Crippen LogP contribution in [0.5, 0.6) is 0 Å². The second-order valence-electron chi connectivity index (χ2n) is 4.56. The number of nitriles is 1. The highest BCUT2D eigenvalue weighted by atomic mass is 35.5. The third kappa shape index (κ3) is 4.23. The van der Waals surface area contributed by atoms with Gasteiger partial charge in [0, 0.05) is 12.7 Å². The number of anilines is 1. The average molecular weight is 380 g/mol. The Labute approximate surface area is 151 Å². The maximum atomic E-state index is 12.5. The predicted molar refractivity (Wildman–Crippen MR) is 94.3 cm³/mol. The lowest BCUT2D eigenvalue weighted by molar-refractivity contribution is -0.136. The summed E-state index contributed by atoms with van der Waals surface area (Å²) in [5.41, 5.74) is -0.522. The molecule has 2 aromatic heterocycles. The summed E-state index contributed by atoms with van der Waals surface area (Å²) < 4.78 is 6.79. The number of nitrogens with zero attached hydrogens (tertiary/aromatic N) is 4. The molecule has 2 heterocycles. The van der Waals surface area contributed by atoms with Crippen molar-refractivity contribution in [1.82, 2.24) is 14.8 Å². The monoisotopic (exact) mass is 379 g/mol. The van der Waals surface area contributed by atoms with Gasteiger partial charge in [-0.05, 0) is 26.0 Å². The second kappa shape index (κ2) is 8.41. The van der Waals surface area contributed by atoms with E-state index in [-0.39, 0.29) is 27.6 Å². The topological polar surface area (TPSA) is 110 Å². The molecule has 0 bridgehead atoms. The number of thiazole rings is 1. The first kappa shape index (κ1) is 18.6. The molecule has 0 saturated heterocycles. The Kier molecular flexibility index (Phi) is 6.27. The molecule has 130 valence electrons. The molecule has 0 atom stereocenters. The summed E-state index contributed by atoms with van der Waals surface area (Å²) in [7, 11) is 0. The van der Waals surface area contributed by atoms with E-state index < -0.39 is 5.97 Å². The average Bonchev–Trinajstić information content (AvgIpc) is 2.91. The fourth-order valence-corrected chi connectivity index (χ4v) is 3.09. The Morgan fingerprint density at radius 1 is 1.48 bits per heavy atom. The standard InChI is InChI=1S/C15H14ClN5O3S/c1-3-21-13(22)10(8-18-12-6-5-11(16)19-20-12)25-14(21)9(7-17)15(23)24-4-2/h5-6,8H,3-4H2,1-2H3,(H,18,20)/b10-8+,14-9-. The van der Waals surface area contributed by atoms with Crippen molar-refractivity contribution < 1.29 is 9.53 Å². The van der Waals surface area contributed by atoms with Crippen LogP contribution in [0, 0.1) is 11.3 Å². The van der Waals surface area contributed by atoms with Crippen LogP contribution in [0.4, 0.5) is 5.82 Å². The molecule has 2 rings (SSSR count). The van der Waals surface area contributed by atoms with E-state index in [4.69, 9.17) is 16.3 Å². The fraction of sp³-hybridized carbons (Fsp3) is 0.267. The molecular formula is C15H14ClN5O3S. The summed E-state index contributed by atoms with van der Waals surface area (Å²) in [6, 6.07) is 4.97. The van der Waals surface area contributed by atoms with Crippen LogP contribution < -0.4 is 20.1 Å². The molecule has 25 heavy (non-hydrogen) atoms. The zero-order valence-electron chi connectivity index (χ0n) is 13.4. The number of hydrogen-bond donors (Lipinski definition) is 1. The molecule has 8 nitrogen and oxygen atoms in total. The number of carbonyl (C=O) groups excluding carboxylic acids is 1. The van der Waals surface area contributed by atoms with Crippen molar-refractivity contribution in [3.63, 3.8) is 0 Å². The van der Waals surface area contributed by atoms with Crippen molar-refractivity contribution >= 4 is 46.5 Å². The Balaban J connectivity index is 2.55. The van der Waals surface area contributed by atoms with E-state index in [9.17, 15) is 14.9 Å². The molecule has 10 heteroatoms. The predicted octanol–water partition coefficient (Wildman–Crippen LogP) is 0.461. The molecule has 0 fully saturated rings. The first-order valence-electron chi connectivity index (χ1n) is 7.28. The van der Waals surface area contributed by atoms with Gasteiger partial charge in [-0.25, -0.2) is 4.79 Å². The largest absolute Gasteiger partial charge is 0.462 e. The van der Waals surface area contributed by atoms with Gasteiger partial charge in [-0.1, -0.05) is 11.6 Å². The van der Waals surface area contributed by atoms with Crippen LogP contribution in [0.15, 0.2) is 16.9 Å². The molecule has 0 radical (unpaired) electrons. The number of hydrogen-bond acceptors (Lipinski definition) is 8. The van der Waals surface area contributed by atoms with Gasteiger partial charge in [-0.15, -0.1) is 21.5 Å². The summed E-state index contributed by atoms with van der Waals surface area (Å²) >= 11 is 6.68. The highest BCUT2D eigenvalue weighted by Gasteiger charge is 2.16. The van der Waals surface area contributed by atoms with Gasteiger partial charge >= 0.3 is 5.97 Å². The van der Waals surface area contributed by atoms with Crippen molar-refractivity contribution in [2.45, 2.75) is 20.4 Å². The Morgan fingerprint density at radius 3 is 2.80 bits per heavy atom. The molecule has 0 aromatic carbocycles. The van der Waals surface area contributed by atoms with Gasteiger partial charge in [0.25, 0.3) is 5.56 Å². The number of esters is 1. The maximum absolute atomic E-state index is 12.5. The second-order valence-corrected chi connectivity index (χ2v) is 5.98. The number of rotatable bonds is 5. The highest BCUT2D eigenvalue weighted by molar-refractivity contribution is 7.07. The van der Waals surface area contributed by atoms with E-state index in [0.29, 0.717) is 16.9 Å². The zero-order chi connectivity index (χ0) is 18.4. The van der Waals surface area contributed by atoms with E-state index in [2.05, 4.69) is 15.5 Å². The van der Waals surface area contributed by atoms with Crippen LogP contribution in [0.25, 0.3) is 11.8 Å². The van der Waals surface area contributed by atoms with Crippen LogP contribution in [0.3, 0.4) is 0 Å². The smallest absolute Gasteiger partial charge is 0.351 e. The van der Waals surface area contributed by atoms with E-state index >= 15 is 0 Å². The van der Waals surface area contributed by atoms with Crippen molar-refractivity contribution in [2.24, 2.45) is 0 Å². The van der Waals surface area contributed by atoms with Crippen LogP contribution in [-0.4, -0.2) is 27.3 Å². The van der Waals surface area contributed by atoms with Crippen LogP contribution in [0.2, 0.25) is 5.15 Å². The van der Waals surface area contributed by atoms with Crippen molar-refractivity contribution in [1.29, 1.82) is 5.26 Å². The van der Waals surface area contributed by atoms with Crippen LogP contribution in [-0.2, 0) is 16.1 Å². The van der Waals surface area contributed by atoms with Gasteiger partial charge in [-0.2, -0.15) is 5.26 Å². The lowest BCUT2D eigenvalue weighted by Crippen LogP contribution is -2.32. The quantitative estimate of drug-likeness (QED) is 0.751. The number of nitrogens with one attached hydrogen (secondary N) is 1. The third-order valence-corrected chi connectivity index (χ3v) is 4.34. The summed E-state index contributed by atoms with van der Waals surface area (Å²) in [6.07, 6.45) is 1.45. The van der Waals surface area contributed by atoms with E-state index in [1.807, 2.05) is 6.07 Å². The Morgan fingerprint density at radius 2 is 2.24 bits per heavy atom. The van der Waals surface area contributed by atoms with Gasteiger partial charge in [0.1, 0.15) is 15.3 Å². The van der Waals surface area contributed by atoms with Gasteiger partial charge < -0.3 is 10.1 Å². The number of ether oxygens (including phenoxy) is 1. The summed E-state index contributed by atoms with van der Waals surface area (Å²) in [5.74, 6) is -0.354. The van der Waals surface area contributed by atoms with Crippen molar-refractivity contribution in [3.8, 4) is 6.07 Å². The summed E-state index contributed by atoms with van der Waals surface area (Å²) in [4.78, 5) is 24.4. The van der Waals surface area contributed by atoms with Crippen molar-refractivity contribution in [3.05, 3.63) is 36.8 Å². The first-order chi connectivity index (χ1) is 12.0. The van der Waals surface area contributed by atoms with Gasteiger partial charge in [0.2, 0.25) is 0 Å². The molecule has 0 aliphatic carbocycles. The van der Waals surface area contributed by atoms with Crippen molar-refractivity contribution in [2.75, 3.05) is 11.9 Å². The molecule has 0 amide bonds. The van der Waals surface area contributed by atoms with E-state index in [0.717, 1.165) is 11.3 Å². The zero-order valence-corrected chi connectivity index (χ0v) is 15.0. The summed E-state index contributed by atoms with van der Waals surface area (Å²) in [5, 5.41) is 19.9. The summed E-state index contributed by atoms with van der Waals surface area (Å²) in [6.45, 7) is 3.84. The minimum absolute atomic E-state index is 0.140. The molecule has 1 N–H and O–H groups in total. The minimum Gasteiger partial charge on any atom is -0.462 e. The Hall–Kier alpha value is -2.70. The van der Waals surface area contributed by atoms with E-state index in [1.165, 1.54) is 10.8 Å². The van der Waals surface area contributed by atoms with Crippen LogP contribution in [0.1, 0.15) is 13.8 Å². The normalized spacial score (nSPS) is 12.5. The SMILES string of the molecule is CCOC(=O)/C(C#N)=c1\s/c(=C/Nc2ccc(Cl)nn2)c(=O)n1CC. The molecule has 2 aromatic rings. The van der Waals surface area contributed by atoms with Gasteiger partial charge in [0.15, 0.2) is 16.5 Å². The van der Waals surface area contributed by atoms with Gasteiger partial charge in [-0.3, -0.25) is 9.36 Å². The van der Waals surface area contributed by atoms with Crippen LogP contribution >= 0.6 is 22.9 Å². The number of aromatic nitrogens is 3. The molecule has 0 aliphatic heterocycles. The minimum atomic E-state index is -0.753.